The highest BCUT2D eigenvalue weighted by Crippen LogP contribution is 2.14. The largest absolute Gasteiger partial charge is 0.478 e. The van der Waals surface area contributed by atoms with E-state index < -0.39 is 5.97 Å². The summed E-state index contributed by atoms with van der Waals surface area (Å²) < 4.78 is 0. The molecule has 0 aliphatic rings. The van der Waals surface area contributed by atoms with Gasteiger partial charge in [-0.25, -0.2) is 4.79 Å². The maximum atomic E-state index is 10.9. The van der Waals surface area contributed by atoms with Crippen molar-refractivity contribution < 1.29 is 9.90 Å². The van der Waals surface area contributed by atoms with E-state index in [2.05, 4.69) is 5.32 Å². The summed E-state index contributed by atoms with van der Waals surface area (Å²) >= 11 is 0. The van der Waals surface area contributed by atoms with Gasteiger partial charge in [-0.3, -0.25) is 0 Å². The standard InChI is InChI=1S/C12H15NO2/c1-9(2)7-8-13-11-6-4-3-5-10(11)12(14)15/h3-7,13H,8H2,1-2H3,(H,14,15). The SMILES string of the molecule is CC(C)=CCNc1ccccc1C(=O)O. The van der Waals surface area contributed by atoms with Crippen LogP contribution in [-0.4, -0.2) is 17.6 Å². The molecule has 0 aromatic heterocycles. The van der Waals surface area contributed by atoms with Crippen molar-refractivity contribution in [2.24, 2.45) is 0 Å². The molecule has 1 aromatic rings. The lowest BCUT2D eigenvalue weighted by molar-refractivity contribution is 0.0698. The fraction of sp³-hybridized carbons (Fsp3) is 0.250. The number of allylic oxidation sites excluding steroid dienone is 1. The molecule has 0 aliphatic carbocycles. The lowest BCUT2D eigenvalue weighted by Crippen LogP contribution is -2.06. The molecule has 0 bridgehead atoms. The molecule has 0 atom stereocenters. The highest BCUT2D eigenvalue weighted by Gasteiger charge is 2.07. The Balaban J connectivity index is 2.76. The fourth-order valence-corrected chi connectivity index (χ4v) is 1.19. The van der Waals surface area contributed by atoms with Crippen LogP contribution in [0.2, 0.25) is 0 Å². The van der Waals surface area contributed by atoms with Crippen LogP contribution in [0, 0.1) is 0 Å². The number of para-hydroxylation sites is 1. The van der Waals surface area contributed by atoms with E-state index in [4.69, 9.17) is 5.11 Å². The van der Waals surface area contributed by atoms with Crippen molar-refractivity contribution in [2.75, 3.05) is 11.9 Å². The van der Waals surface area contributed by atoms with E-state index in [9.17, 15) is 4.79 Å². The van der Waals surface area contributed by atoms with Gasteiger partial charge in [0.15, 0.2) is 0 Å². The van der Waals surface area contributed by atoms with Crippen molar-refractivity contribution in [1.29, 1.82) is 0 Å². The maximum absolute atomic E-state index is 10.9. The highest BCUT2D eigenvalue weighted by molar-refractivity contribution is 5.94. The van der Waals surface area contributed by atoms with Gasteiger partial charge in [-0.2, -0.15) is 0 Å². The molecule has 3 heteroatoms. The van der Waals surface area contributed by atoms with Crippen molar-refractivity contribution >= 4 is 11.7 Å². The van der Waals surface area contributed by atoms with E-state index in [1.165, 1.54) is 5.57 Å². The average molecular weight is 205 g/mol. The molecule has 15 heavy (non-hydrogen) atoms. The minimum absolute atomic E-state index is 0.305. The number of hydrogen-bond acceptors (Lipinski definition) is 2. The third kappa shape index (κ3) is 3.46. The van der Waals surface area contributed by atoms with Gasteiger partial charge in [0.2, 0.25) is 0 Å². The Morgan fingerprint density at radius 1 is 1.40 bits per heavy atom. The fourth-order valence-electron chi connectivity index (χ4n) is 1.19. The normalized spacial score (nSPS) is 9.47. The van der Waals surface area contributed by atoms with E-state index >= 15 is 0 Å². The number of anilines is 1. The topological polar surface area (TPSA) is 49.3 Å². The van der Waals surface area contributed by atoms with Crippen LogP contribution in [0.5, 0.6) is 0 Å². The first-order valence-corrected chi connectivity index (χ1v) is 4.81. The summed E-state index contributed by atoms with van der Waals surface area (Å²) in [6, 6.07) is 6.89. The maximum Gasteiger partial charge on any atom is 0.337 e. The molecule has 3 nitrogen and oxygen atoms in total. The first-order valence-electron chi connectivity index (χ1n) is 4.81. The minimum atomic E-state index is -0.907. The molecule has 80 valence electrons. The van der Waals surface area contributed by atoms with Gasteiger partial charge in [0.25, 0.3) is 0 Å². The summed E-state index contributed by atoms with van der Waals surface area (Å²) in [5.41, 5.74) is 2.16. The number of carboxylic acid groups (broad SMARTS) is 1. The Hall–Kier alpha value is -1.77. The highest BCUT2D eigenvalue weighted by atomic mass is 16.4. The lowest BCUT2D eigenvalue weighted by Gasteiger charge is -2.07. The van der Waals surface area contributed by atoms with Crippen molar-refractivity contribution in [3.05, 3.63) is 41.5 Å². The molecule has 0 fully saturated rings. The van der Waals surface area contributed by atoms with Gasteiger partial charge in [-0.05, 0) is 26.0 Å². The zero-order valence-electron chi connectivity index (χ0n) is 8.95. The minimum Gasteiger partial charge on any atom is -0.478 e. The van der Waals surface area contributed by atoms with E-state index in [0.29, 0.717) is 17.8 Å². The predicted octanol–water partition coefficient (Wildman–Crippen LogP) is 2.76. The number of nitrogens with one attached hydrogen (secondary N) is 1. The van der Waals surface area contributed by atoms with Gasteiger partial charge >= 0.3 is 5.97 Å². The summed E-state index contributed by atoms with van der Waals surface area (Å²) in [6.45, 7) is 4.65. The quantitative estimate of drug-likeness (QED) is 0.743. The summed E-state index contributed by atoms with van der Waals surface area (Å²) in [4.78, 5) is 10.9. The Bertz CT molecular complexity index is 379. The number of rotatable bonds is 4. The van der Waals surface area contributed by atoms with Crippen LogP contribution in [0.3, 0.4) is 0 Å². The van der Waals surface area contributed by atoms with Crippen LogP contribution in [0.4, 0.5) is 5.69 Å². The van der Waals surface area contributed by atoms with Gasteiger partial charge in [0.1, 0.15) is 0 Å². The second kappa shape index (κ2) is 5.20. The van der Waals surface area contributed by atoms with Gasteiger partial charge in [-0.1, -0.05) is 23.8 Å². The molecule has 0 saturated heterocycles. The van der Waals surface area contributed by atoms with Crippen LogP contribution >= 0.6 is 0 Å². The number of hydrogen-bond donors (Lipinski definition) is 2. The molecule has 0 radical (unpaired) electrons. The molecule has 0 unspecified atom stereocenters. The van der Waals surface area contributed by atoms with Crippen molar-refractivity contribution in [3.8, 4) is 0 Å². The van der Waals surface area contributed by atoms with E-state index in [1.807, 2.05) is 26.0 Å². The number of carbonyl (C=O) groups is 1. The molecular weight excluding hydrogens is 190 g/mol. The van der Waals surface area contributed by atoms with Crippen LogP contribution in [-0.2, 0) is 0 Å². The molecule has 2 N–H and O–H groups in total. The van der Waals surface area contributed by atoms with Crippen LogP contribution in [0.25, 0.3) is 0 Å². The Kier molecular flexibility index (Phi) is 3.92. The molecule has 0 heterocycles. The van der Waals surface area contributed by atoms with Crippen molar-refractivity contribution in [3.63, 3.8) is 0 Å². The Morgan fingerprint density at radius 2 is 2.07 bits per heavy atom. The Morgan fingerprint density at radius 3 is 2.67 bits per heavy atom. The number of benzene rings is 1. The third-order valence-electron chi connectivity index (χ3n) is 1.96. The number of aromatic carboxylic acids is 1. The summed E-state index contributed by atoms with van der Waals surface area (Å²) in [6.07, 6.45) is 2.01. The van der Waals surface area contributed by atoms with Crippen LogP contribution < -0.4 is 5.32 Å². The van der Waals surface area contributed by atoms with Crippen molar-refractivity contribution in [1.82, 2.24) is 0 Å². The predicted molar refractivity (Wildman–Crippen MR) is 61.3 cm³/mol. The smallest absolute Gasteiger partial charge is 0.337 e. The summed E-state index contributed by atoms with van der Waals surface area (Å²) in [5, 5.41) is 12.0. The molecule has 1 aromatic carbocycles. The van der Waals surface area contributed by atoms with Crippen LogP contribution in [0.1, 0.15) is 24.2 Å². The second-order valence-corrected chi connectivity index (χ2v) is 3.51. The second-order valence-electron chi connectivity index (χ2n) is 3.51. The molecule has 0 aliphatic heterocycles. The van der Waals surface area contributed by atoms with Gasteiger partial charge in [0.05, 0.1) is 5.56 Å². The van der Waals surface area contributed by atoms with Crippen LogP contribution in [0.15, 0.2) is 35.9 Å². The van der Waals surface area contributed by atoms with Gasteiger partial charge in [-0.15, -0.1) is 0 Å². The van der Waals surface area contributed by atoms with E-state index in [-0.39, 0.29) is 0 Å². The Labute approximate surface area is 89.4 Å². The lowest BCUT2D eigenvalue weighted by atomic mass is 10.2. The summed E-state index contributed by atoms with van der Waals surface area (Å²) in [5.74, 6) is -0.907. The monoisotopic (exact) mass is 205 g/mol. The number of carboxylic acids is 1. The van der Waals surface area contributed by atoms with Gasteiger partial charge < -0.3 is 10.4 Å². The van der Waals surface area contributed by atoms with E-state index in [0.717, 1.165) is 0 Å². The zero-order valence-corrected chi connectivity index (χ0v) is 8.95. The first kappa shape index (κ1) is 11.3. The average Bonchev–Trinajstić information content (AvgIpc) is 2.17. The van der Waals surface area contributed by atoms with Gasteiger partial charge in [0, 0.05) is 12.2 Å². The zero-order chi connectivity index (χ0) is 11.3. The molecule has 0 amide bonds. The van der Waals surface area contributed by atoms with E-state index in [1.54, 1.807) is 18.2 Å². The third-order valence-corrected chi connectivity index (χ3v) is 1.96. The molecule has 1 rings (SSSR count). The first-order chi connectivity index (χ1) is 7.11. The summed E-state index contributed by atoms with van der Waals surface area (Å²) in [7, 11) is 0. The molecular formula is C12H15NO2. The molecule has 0 saturated carbocycles. The molecule has 0 spiro atoms. The van der Waals surface area contributed by atoms with Crippen molar-refractivity contribution in [2.45, 2.75) is 13.8 Å².